The van der Waals surface area contributed by atoms with Crippen LogP contribution in [0.15, 0.2) is 40.7 Å². The summed E-state index contributed by atoms with van der Waals surface area (Å²) < 4.78 is 0. The largest absolute Gasteiger partial charge is 0.369 e. The summed E-state index contributed by atoms with van der Waals surface area (Å²) >= 11 is 1.41. The van der Waals surface area contributed by atoms with E-state index in [-0.39, 0.29) is 11.9 Å². The standard InChI is InChI=1S/C13H14N4OS/c1-2-11(18)16-12(14)17-13-15-10(8-19-13)9-6-4-3-5-7-9/h3-8H,2H2,1H3,(H3,14,15,16,17,18). The van der Waals surface area contributed by atoms with E-state index in [0.717, 1.165) is 11.3 Å². The summed E-state index contributed by atoms with van der Waals surface area (Å²) in [4.78, 5) is 19.2. The summed E-state index contributed by atoms with van der Waals surface area (Å²) in [7, 11) is 0. The Labute approximate surface area is 115 Å². The van der Waals surface area contributed by atoms with E-state index in [1.54, 1.807) is 6.92 Å². The van der Waals surface area contributed by atoms with Gasteiger partial charge < -0.3 is 11.1 Å². The smallest absolute Gasteiger partial charge is 0.248 e. The van der Waals surface area contributed by atoms with E-state index in [1.807, 2.05) is 35.7 Å². The lowest BCUT2D eigenvalue weighted by molar-refractivity contribution is -0.117. The van der Waals surface area contributed by atoms with Crippen molar-refractivity contribution in [1.29, 1.82) is 0 Å². The van der Waals surface area contributed by atoms with Gasteiger partial charge in [-0.2, -0.15) is 4.99 Å². The molecule has 0 aliphatic rings. The number of anilines is 1. The van der Waals surface area contributed by atoms with Crippen molar-refractivity contribution >= 4 is 28.3 Å². The highest BCUT2D eigenvalue weighted by Crippen LogP contribution is 2.24. The second-order valence-electron chi connectivity index (χ2n) is 3.77. The quantitative estimate of drug-likeness (QED) is 0.665. The van der Waals surface area contributed by atoms with Gasteiger partial charge in [-0.1, -0.05) is 37.3 Å². The molecule has 3 N–H and O–H groups in total. The van der Waals surface area contributed by atoms with Gasteiger partial charge in [0.2, 0.25) is 11.9 Å². The van der Waals surface area contributed by atoms with Crippen LogP contribution in [0.3, 0.4) is 0 Å². The summed E-state index contributed by atoms with van der Waals surface area (Å²) in [5.41, 5.74) is 7.51. The predicted molar refractivity (Wildman–Crippen MR) is 78.1 cm³/mol. The molecule has 6 heteroatoms. The average Bonchev–Trinajstić information content (AvgIpc) is 2.88. The van der Waals surface area contributed by atoms with Gasteiger partial charge in [0.1, 0.15) is 0 Å². The van der Waals surface area contributed by atoms with Crippen LogP contribution >= 0.6 is 11.3 Å². The Morgan fingerprint density at radius 2 is 2.16 bits per heavy atom. The molecule has 0 saturated heterocycles. The number of hydrogen-bond acceptors (Lipinski definition) is 3. The molecule has 1 heterocycles. The molecule has 0 radical (unpaired) electrons. The first-order chi connectivity index (χ1) is 9.19. The molecule has 0 unspecified atom stereocenters. The first-order valence-corrected chi connectivity index (χ1v) is 6.72. The maximum absolute atomic E-state index is 11.1. The second-order valence-corrected chi connectivity index (χ2v) is 4.63. The van der Waals surface area contributed by atoms with Gasteiger partial charge >= 0.3 is 0 Å². The number of aliphatic imine (C=N–C) groups is 1. The van der Waals surface area contributed by atoms with Gasteiger partial charge in [-0.3, -0.25) is 4.79 Å². The van der Waals surface area contributed by atoms with Crippen LogP contribution in [0.1, 0.15) is 13.3 Å². The van der Waals surface area contributed by atoms with Gasteiger partial charge in [0.25, 0.3) is 0 Å². The van der Waals surface area contributed by atoms with Crippen molar-refractivity contribution in [3.63, 3.8) is 0 Å². The molecule has 0 aliphatic heterocycles. The number of aromatic nitrogens is 1. The fourth-order valence-corrected chi connectivity index (χ4v) is 2.15. The van der Waals surface area contributed by atoms with E-state index in [4.69, 9.17) is 5.73 Å². The maximum Gasteiger partial charge on any atom is 0.248 e. The lowest BCUT2D eigenvalue weighted by atomic mass is 10.2. The van der Waals surface area contributed by atoms with E-state index >= 15 is 0 Å². The second kappa shape index (κ2) is 6.10. The van der Waals surface area contributed by atoms with Crippen molar-refractivity contribution in [3.8, 4) is 11.3 Å². The first kappa shape index (κ1) is 13.2. The Morgan fingerprint density at radius 3 is 2.84 bits per heavy atom. The zero-order chi connectivity index (χ0) is 13.7. The van der Waals surface area contributed by atoms with E-state index in [1.165, 1.54) is 11.3 Å². The van der Waals surface area contributed by atoms with Gasteiger partial charge in [0, 0.05) is 17.4 Å². The summed E-state index contributed by atoms with van der Waals surface area (Å²) in [5, 5.41) is 5.35. The third kappa shape index (κ3) is 3.62. The van der Waals surface area contributed by atoms with E-state index in [0.29, 0.717) is 11.6 Å². The number of nitrogens with two attached hydrogens (primary N) is 1. The Morgan fingerprint density at radius 1 is 1.42 bits per heavy atom. The number of benzene rings is 1. The lowest BCUT2D eigenvalue weighted by Gasteiger charge is -2.00. The van der Waals surface area contributed by atoms with Crippen LogP contribution in [-0.2, 0) is 4.79 Å². The fourth-order valence-electron chi connectivity index (χ4n) is 1.42. The monoisotopic (exact) mass is 274 g/mol. The van der Waals surface area contributed by atoms with Gasteiger partial charge in [-0.15, -0.1) is 11.3 Å². The first-order valence-electron chi connectivity index (χ1n) is 5.84. The van der Waals surface area contributed by atoms with Crippen molar-refractivity contribution in [1.82, 2.24) is 4.98 Å². The van der Waals surface area contributed by atoms with E-state index in [2.05, 4.69) is 15.3 Å². The Hall–Kier alpha value is -2.21. The maximum atomic E-state index is 11.1. The number of carbonyl (C=O) groups is 1. The number of thiazole rings is 1. The number of nitrogens with zero attached hydrogens (tertiary/aromatic N) is 2. The van der Waals surface area contributed by atoms with Crippen molar-refractivity contribution in [2.75, 3.05) is 5.32 Å². The van der Waals surface area contributed by atoms with Crippen LogP contribution in [0, 0.1) is 0 Å². The molecule has 0 bridgehead atoms. The molecular formula is C13H14N4OS. The van der Waals surface area contributed by atoms with Crippen LogP contribution in [-0.4, -0.2) is 16.9 Å². The third-order valence-electron chi connectivity index (χ3n) is 2.36. The molecule has 0 fully saturated rings. The highest BCUT2D eigenvalue weighted by molar-refractivity contribution is 7.14. The normalized spacial score (nSPS) is 11.3. The topological polar surface area (TPSA) is 80.4 Å². The van der Waals surface area contributed by atoms with Crippen LogP contribution < -0.4 is 11.1 Å². The van der Waals surface area contributed by atoms with E-state index in [9.17, 15) is 4.79 Å². The van der Waals surface area contributed by atoms with Crippen LogP contribution in [0.5, 0.6) is 0 Å². The fraction of sp³-hybridized carbons (Fsp3) is 0.154. The van der Waals surface area contributed by atoms with Gasteiger partial charge in [-0.05, 0) is 0 Å². The Bertz CT molecular complexity index is 592. The lowest BCUT2D eigenvalue weighted by Crippen LogP contribution is -2.23. The van der Waals surface area contributed by atoms with Crippen molar-refractivity contribution in [3.05, 3.63) is 35.7 Å². The summed E-state index contributed by atoms with van der Waals surface area (Å²) in [6.45, 7) is 1.73. The molecule has 0 spiro atoms. The molecule has 19 heavy (non-hydrogen) atoms. The molecule has 1 aromatic heterocycles. The van der Waals surface area contributed by atoms with Crippen molar-refractivity contribution < 1.29 is 4.79 Å². The molecule has 2 aromatic rings. The van der Waals surface area contributed by atoms with Crippen LogP contribution in [0.25, 0.3) is 11.3 Å². The van der Waals surface area contributed by atoms with E-state index < -0.39 is 0 Å². The summed E-state index contributed by atoms with van der Waals surface area (Å²) in [6.07, 6.45) is 0.329. The summed E-state index contributed by atoms with van der Waals surface area (Å²) in [6, 6.07) is 9.83. The van der Waals surface area contributed by atoms with Crippen LogP contribution in [0.4, 0.5) is 5.13 Å². The average molecular weight is 274 g/mol. The molecule has 5 nitrogen and oxygen atoms in total. The highest BCUT2D eigenvalue weighted by Gasteiger charge is 2.05. The van der Waals surface area contributed by atoms with Gasteiger partial charge in [-0.25, -0.2) is 4.98 Å². The molecule has 98 valence electrons. The number of carbonyl (C=O) groups excluding carboxylic acids is 1. The minimum atomic E-state index is -0.259. The minimum Gasteiger partial charge on any atom is -0.369 e. The number of rotatable bonds is 3. The number of hydrogen-bond donors (Lipinski definition) is 2. The van der Waals surface area contributed by atoms with Crippen LogP contribution in [0.2, 0.25) is 0 Å². The van der Waals surface area contributed by atoms with Gasteiger partial charge in [0.15, 0.2) is 5.13 Å². The number of guanidine groups is 1. The number of nitrogens with one attached hydrogen (secondary N) is 1. The molecule has 1 amide bonds. The SMILES string of the molecule is CCC(=O)/N=C(\N)Nc1nc(-c2ccccc2)cs1. The summed E-state index contributed by atoms with van der Waals surface area (Å²) in [5.74, 6) is -0.189. The Balaban J connectivity index is 2.10. The zero-order valence-electron chi connectivity index (χ0n) is 10.5. The molecule has 0 saturated carbocycles. The highest BCUT2D eigenvalue weighted by atomic mass is 32.1. The molecule has 2 rings (SSSR count). The number of amides is 1. The predicted octanol–water partition coefficient (Wildman–Crippen LogP) is 2.47. The minimum absolute atomic E-state index is 0.0702. The Kier molecular flexibility index (Phi) is 4.25. The molecule has 0 aliphatic carbocycles. The zero-order valence-corrected chi connectivity index (χ0v) is 11.3. The molecule has 0 atom stereocenters. The van der Waals surface area contributed by atoms with Crippen molar-refractivity contribution in [2.24, 2.45) is 10.7 Å². The third-order valence-corrected chi connectivity index (χ3v) is 3.11. The molecular weight excluding hydrogens is 260 g/mol. The van der Waals surface area contributed by atoms with Crippen molar-refractivity contribution in [2.45, 2.75) is 13.3 Å². The molecule has 1 aromatic carbocycles. The van der Waals surface area contributed by atoms with Gasteiger partial charge in [0.05, 0.1) is 5.69 Å².